The molecule has 4 rings (SSSR count). The maximum Gasteiger partial charge on any atom is 0.323 e. The van der Waals surface area contributed by atoms with Crippen LogP contribution in [-0.4, -0.2) is 20.6 Å². The van der Waals surface area contributed by atoms with Gasteiger partial charge in [0.25, 0.3) is 5.56 Å². The van der Waals surface area contributed by atoms with Crippen LogP contribution in [0.5, 0.6) is 0 Å². The Morgan fingerprint density at radius 3 is 2.78 bits per heavy atom. The lowest BCUT2D eigenvalue weighted by molar-refractivity contribution is -0.137. The van der Waals surface area contributed by atoms with Crippen molar-refractivity contribution in [2.45, 2.75) is 52.0 Å². The van der Waals surface area contributed by atoms with Crippen LogP contribution in [-0.2, 0) is 30.6 Å². The quantitative estimate of drug-likeness (QED) is 0.723. The van der Waals surface area contributed by atoms with Gasteiger partial charge in [-0.1, -0.05) is 25.1 Å². The summed E-state index contributed by atoms with van der Waals surface area (Å²) in [6, 6.07) is 6.44. The number of aliphatic carboxylic acids is 1. The summed E-state index contributed by atoms with van der Waals surface area (Å²) in [5, 5.41) is 11.8. The van der Waals surface area contributed by atoms with Gasteiger partial charge in [0.1, 0.15) is 17.2 Å². The van der Waals surface area contributed by atoms with E-state index in [9.17, 15) is 14.7 Å². The molecule has 0 atom stereocenters. The van der Waals surface area contributed by atoms with E-state index in [1.165, 1.54) is 39.9 Å². The van der Waals surface area contributed by atoms with Crippen LogP contribution >= 0.6 is 11.3 Å². The van der Waals surface area contributed by atoms with Gasteiger partial charge in [0.05, 0.1) is 5.39 Å². The molecule has 3 aromatic rings. The molecule has 0 fully saturated rings. The van der Waals surface area contributed by atoms with E-state index in [0.717, 1.165) is 30.4 Å². The highest BCUT2D eigenvalue weighted by molar-refractivity contribution is 7.17. The van der Waals surface area contributed by atoms with Crippen LogP contribution < -0.4 is 5.56 Å². The number of aryl methyl sites for hydroxylation is 3. The van der Waals surface area contributed by atoms with E-state index < -0.39 is 5.97 Å². The largest absolute Gasteiger partial charge is 0.480 e. The van der Waals surface area contributed by atoms with Gasteiger partial charge in [0.15, 0.2) is 0 Å². The molecule has 0 saturated heterocycles. The number of hydrogen-bond acceptors (Lipinski definition) is 4. The van der Waals surface area contributed by atoms with Crippen molar-refractivity contribution in [2.75, 3.05) is 0 Å². The highest BCUT2D eigenvalue weighted by Crippen LogP contribution is 2.33. The van der Waals surface area contributed by atoms with Crippen LogP contribution in [0.25, 0.3) is 21.3 Å². The average molecular weight is 382 g/mol. The van der Waals surface area contributed by atoms with E-state index in [1.807, 2.05) is 12.3 Å². The number of aromatic nitrogens is 2. The Kier molecular flexibility index (Phi) is 4.83. The second-order valence-corrected chi connectivity index (χ2v) is 7.94. The second-order valence-electron chi connectivity index (χ2n) is 7.08. The molecule has 1 aliphatic carbocycles. The van der Waals surface area contributed by atoms with Crippen LogP contribution in [0.4, 0.5) is 0 Å². The van der Waals surface area contributed by atoms with E-state index in [-0.39, 0.29) is 12.1 Å². The van der Waals surface area contributed by atoms with Gasteiger partial charge in [-0.25, -0.2) is 4.98 Å². The summed E-state index contributed by atoms with van der Waals surface area (Å²) in [5.41, 5.74) is 4.39. The summed E-state index contributed by atoms with van der Waals surface area (Å²) in [6.07, 6.45) is 6.03. The standard InChI is InChI=1S/C21H22N2O3S/c1-2-5-17-22-20-19(21(26)23(17)11-18(24)25)16(12-27-20)15-9-8-13-6-3-4-7-14(13)10-15/h8-10,12H,2-7,11H2,1H3,(H,24,25). The molecule has 1 N–H and O–H groups in total. The third-order valence-electron chi connectivity index (χ3n) is 5.20. The molecular formula is C21H22N2O3S. The average Bonchev–Trinajstić information content (AvgIpc) is 3.08. The number of rotatable bonds is 5. The first-order valence-corrected chi connectivity index (χ1v) is 10.3. The fourth-order valence-corrected chi connectivity index (χ4v) is 4.85. The Bertz CT molecular complexity index is 1080. The van der Waals surface area contributed by atoms with Crippen LogP contribution in [0.1, 0.15) is 43.1 Å². The van der Waals surface area contributed by atoms with Crippen molar-refractivity contribution in [3.05, 3.63) is 50.9 Å². The molecule has 1 aliphatic rings. The smallest absolute Gasteiger partial charge is 0.323 e. The summed E-state index contributed by atoms with van der Waals surface area (Å²) in [5.74, 6) is -0.475. The lowest BCUT2D eigenvalue weighted by Gasteiger charge is -2.16. The van der Waals surface area contributed by atoms with Gasteiger partial charge >= 0.3 is 5.97 Å². The summed E-state index contributed by atoms with van der Waals surface area (Å²) >= 11 is 1.46. The van der Waals surface area contributed by atoms with E-state index >= 15 is 0 Å². The first-order chi connectivity index (χ1) is 13.1. The third-order valence-corrected chi connectivity index (χ3v) is 6.07. The lowest BCUT2D eigenvalue weighted by Crippen LogP contribution is -2.28. The van der Waals surface area contributed by atoms with Crippen molar-refractivity contribution in [3.63, 3.8) is 0 Å². The predicted molar refractivity (Wildman–Crippen MR) is 108 cm³/mol. The Labute approximate surface area is 161 Å². The molecule has 0 unspecified atom stereocenters. The van der Waals surface area contributed by atoms with E-state index in [1.54, 1.807) is 0 Å². The minimum Gasteiger partial charge on any atom is -0.480 e. The number of hydrogen-bond donors (Lipinski definition) is 1. The van der Waals surface area contributed by atoms with E-state index in [0.29, 0.717) is 22.5 Å². The predicted octanol–water partition coefficient (Wildman–Crippen LogP) is 4.04. The van der Waals surface area contributed by atoms with Gasteiger partial charge in [-0.15, -0.1) is 11.3 Å². The SMILES string of the molecule is CCCc1nc2scc(-c3ccc4c(c3)CCCC4)c2c(=O)n1CC(=O)O. The maximum absolute atomic E-state index is 13.2. The van der Waals surface area contributed by atoms with Gasteiger partial charge in [-0.2, -0.15) is 0 Å². The highest BCUT2D eigenvalue weighted by atomic mass is 32.1. The number of fused-ring (bicyclic) bond motifs is 2. The fourth-order valence-electron chi connectivity index (χ4n) is 3.89. The monoisotopic (exact) mass is 382 g/mol. The minimum atomic E-state index is -1.03. The molecule has 27 heavy (non-hydrogen) atoms. The number of thiophene rings is 1. The van der Waals surface area contributed by atoms with Crippen molar-refractivity contribution >= 4 is 27.5 Å². The Hall–Kier alpha value is -2.47. The molecule has 2 aromatic heterocycles. The maximum atomic E-state index is 13.2. The zero-order valence-corrected chi connectivity index (χ0v) is 16.1. The van der Waals surface area contributed by atoms with Gasteiger partial charge in [-0.3, -0.25) is 14.2 Å². The zero-order valence-electron chi connectivity index (χ0n) is 15.3. The summed E-state index contributed by atoms with van der Waals surface area (Å²) in [7, 11) is 0. The molecule has 1 aromatic carbocycles. The Balaban J connectivity index is 1.90. The van der Waals surface area contributed by atoms with Crippen molar-refractivity contribution < 1.29 is 9.90 Å². The topological polar surface area (TPSA) is 72.2 Å². The molecule has 5 nitrogen and oxygen atoms in total. The molecule has 2 heterocycles. The third kappa shape index (κ3) is 3.30. The molecule has 140 valence electrons. The summed E-state index contributed by atoms with van der Waals surface area (Å²) in [6.45, 7) is 1.64. The molecule has 0 bridgehead atoms. The van der Waals surface area contributed by atoms with Gasteiger partial charge in [0.2, 0.25) is 0 Å². The lowest BCUT2D eigenvalue weighted by atomic mass is 9.89. The molecule has 6 heteroatoms. The van der Waals surface area contributed by atoms with Gasteiger partial charge in [-0.05, 0) is 48.8 Å². The van der Waals surface area contributed by atoms with Gasteiger partial charge < -0.3 is 5.11 Å². The number of carboxylic acids is 1. The zero-order chi connectivity index (χ0) is 19.0. The highest BCUT2D eigenvalue weighted by Gasteiger charge is 2.19. The number of nitrogens with zero attached hydrogens (tertiary/aromatic N) is 2. The minimum absolute atomic E-state index is 0.250. The normalized spacial score (nSPS) is 13.7. The number of benzene rings is 1. The molecular weight excluding hydrogens is 360 g/mol. The van der Waals surface area contributed by atoms with Crippen molar-refractivity contribution in [3.8, 4) is 11.1 Å². The Morgan fingerprint density at radius 1 is 1.26 bits per heavy atom. The molecule has 0 radical (unpaired) electrons. The van der Waals surface area contributed by atoms with Crippen molar-refractivity contribution in [2.24, 2.45) is 0 Å². The van der Waals surface area contributed by atoms with Crippen molar-refractivity contribution in [1.82, 2.24) is 9.55 Å². The Morgan fingerprint density at radius 2 is 2.04 bits per heavy atom. The van der Waals surface area contributed by atoms with Crippen LogP contribution in [0.15, 0.2) is 28.4 Å². The number of carboxylic acid groups (broad SMARTS) is 1. The summed E-state index contributed by atoms with van der Waals surface area (Å²) < 4.78 is 1.32. The van der Waals surface area contributed by atoms with Gasteiger partial charge in [0, 0.05) is 17.4 Å². The van der Waals surface area contributed by atoms with Crippen LogP contribution in [0, 0.1) is 0 Å². The first-order valence-electron chi connectivity index (χ1n) is 9.43. The first kappa shape index (κ1) is 17.9. The molecule has 0 saturated carbocycles. The molecule has 0 amide bonds. The van der Waals surface area contributed by atoms with Crippen LogP contribution in [0.3, 0.4) is 0 Å². The van der Waals surface area contributed by atoms with Crippen molar-refractivity contribution in [1.29, 1.82) is 0 Å². The molecule has 0 spiro atoms. The van der Waals surface area contributed by atoms with E-state index in [2.05, 4.69) is 23.2 Å². The fraction of sp³-hybridized carbons (Fsp3) is 0.381. The van der Waals surface area contributed by atoms with E-state index in [4.69, 9.17) is 0 Å². The van der Waals surface area contributed by atoms with Crippen LogP contribution in [0.2, 0.25) is 0 Å². The number of carbonyl (C=O) groups is 1. The second kappa shape index (κ2) is 7.27. The molecule has 0 aliphatic heterocycles. The summed E-state index contributed by atoms with van der Waals surface area (Å²) in [4.78, 5) is 29.8.